The quantitative estimate of drug-likeness (QED) is 0.410. The molecule has 0 bridgehead atoms. The first-order chi connectivity index (χ1) is 10.7. The summed E-state index contributed by atoms with van der Waals surface area (Å²) < 4.78 is 105. The number of alkyl halides is 6. The number of carbonyl (C=O) groups excluding carboxylic acids is 1. The van der Waals surface area contributed by atoms with Crippen molar-refractivity contribution in [2.24, 2.45) is 5.92 Å². The molecule has 1 aliphatic heterocycles. The Bertz CT molecular complexity index is 512. The summed E-state index contributed by atoms with van der Waals surface area (Å²) in [6.45, 7) is 2.46. The second kappa shape index (κ2) is 6.47. The summed E-state index contributed by atoms with van der Waals surface area (Å²) in [4.78, 5) is 11.4. The fraction of sp³-hybridized carbons (Fsp3) is 0.909. The van der Waals surface area contributed by atoms with Crippen LogP contribution < -0.4 is 0 Å². The lowest BCUT2D eigenvalue weighted by Gasteiger charge is -2.40. The largest absolute Gasteiger partial charge is 0.453 e. The molecule has 24 heavy (non-hydrogen) atoms. The van der Waals surface area contributed by atoms with Gasteiger partial charge in [-0.2, -0.15) is 26.3 Å². The number of esters is 1. The average Bonchev–Trinajstić information content (AvgIpc) is 2.71. The van der Waals surface area contributed by atoms with E-state index in [-0.39, 0.29) is 4.90 Å². The zero-order valence-corrected chi connectivity index (χ0v) is 14.0. The minimum absolute atomic E-state index is 0.340. The molecule has 0 N–H and O–H groups in total. The second-order valence-corrected chi connectivity index (χ2v) is 7.57. The molecule has 0 aromatic heterocycles. The van der Waals surface area contributed by atoms with Crippen LogP contribution in [0.25, 0.3) is 0 Å². The molecule has 0 saturated carbocycles. The Balaban J connectivity index is 3.61. The van der Waals surface area contributed by atoms with E-state index >= 15 is 0 Å². The van der Waals surface area contributed by atoms with Crippen LogP contribution in [0.4, 0.5) is 26.3 Å². The van der Waals surface area contributed by atoms with E-state index in [0.29, 0.717) is 0 Å². The molecule has 1 aliphatic rings. The van der Waals surface area contributed by atoms with Crippen molar-refractivity contribution in [1.82, 2.24) is 4.90 Å². The van der Waals surface area contributed by atoms with Crippen molar-refractivity contribution < 1.29 is 49.5 Å². The van der Waals surface area contributed by atoms with Gasteiger partial charge in [-0.15, -0.1) is 0 Å². The summed E-state index contributed by atoms with van der Waals surface area (Å²) in [6, 6.07) is -1.94. The lowest BCUT2D eigenvalue weighted by molar-refractivity contribution is -0.400. The fourth-order valence-electron chi connectivity index (χ4n) is 2.39. The number of cyclic esters (lactones) is 1. The zero-order valence-electron chi connectivity index (χ0n) is 13.1. The van der Waals surface area contributed by atoms with Crippen LogP contribution in [0.3, 0.4) is 0 Å². The van der Waals surface area contributed by atoms with E-state index < -0.39 is 49.9 Å². The van der Waals surface area contributed by atoms with Crippen LogP contribution in [-0.4, -0.2) is 55.5 Å². The third kappa shape index (κ3) is 3.29. The van der Waals surface area contributed by atoms with E-state index in [1.54, 1.807) is 0 Å². The molecule has 0 spiro atoms. The lowest BCUT2D eigenvalue weighted by Crippen LogP contribution is -2.67. The normalized spacial score (nSPS) is 23.0. The highest BCUT2D eigenvalue weighted by molar-refractivity contribution is 7.53. The van der Waals surface area contributed by atoms with Crippen molar-refractivity contribution in [3.63, 3.8) is 0 Å². The van der Waals surface area contributed by atoms with Crippen molar-refractivity contribution in [2.45, 2.75) is 38.0 Å². The molecule has 0 aliphatic carbocycles. The van der Waals surface area contributed by atoms with Crippen LogP contribution in [0.5, 0.6) is 0 Å². The molecule has 142 valence electrons. The van der Waals surface area contributed by atoms with Crippen LogP contribution in [0.1, 0.15) is 13.8 Å². The maximum Gasteiger partial charge on any atom is 0.453 e. The maximum absolute atomic E-state index is 13.3. The Morgan fingerprint density at radius 1 is 1.17 bits per heavy atom. The van der Waals surface area contributed by atoms with Gasteiger partial charge in [0.05, 0.1) is 0 Å². The summed E-state index contributed by atoms with van der Waals surface area (Å²) in [7, 11) is -2.76. The van der Waals surface area contributed by atoms with Gasteiger partial charge in [-0.1, -0.05) is 13.8 Å². The molecule has 0 radical (unpaired) electrons. The molecule has 6 nitrogen and oxygen atoms in total. The van der Waals surface area contributed by atoms with Gasteiger partial charge in [-0.3, -0.25) is 9.36 Å². The molecule has 1 heterocycles. The molecule has 0 aromatic carbocycles. The van der Waals surface area contributed by atoms with Crippen molar-refractivity contribution in [3.05, 3.63) is 0 Å². The molecule has 0 aromatic rings. The number of rotatable bonds is 5. The first-order valence-corrected chi connectivity index (χ1v) is 8.23. The fourth-order valence-corrected chi connectivity index (χ4v) is 3.51. The summed E-state index contributed by atoms with van der Waals surface area (Å²) in [6.07, 6.45) is -13.5. The highest BCUT2D eigenvalue weighted by atomic mass is 31.2. The van der Waals surface area contributed by atoms with Gasteiger partial charge in [-0.25, -0.2) is 4.90 Å². The average molecular weight is 387 g/mol. The van der Waals surface area contributed by atoms with Gasteiger partial charge in [0.25, 0.3) is 0 Å². The molecule has 1 rings (SSSR count). The number of hydrogen-bond donors (Lipinski definition) is 0. The van der Waals surface area contributed by atoms with Crippen LogP contribution in [0.2, 0.25) is 0 Å². The van der Waals surface area contributed by atoms with Crippen LogP contribution in [-0.2, 0) is 23.1 Å². The van der Waals surface area contributed by atoms with Crippen LogP contribution in [0, 0.1) is 5.92 Å². The third-order valence-electron chi connectivity index (χ3n) is 3.51. The van der Waals surface area contributed by atoms with Gasteiger partial charge in [0, 0.05) is 14.2 Å². The molecular formula is C11H16F6NO5P. The monoisotopic (exact) mass is 387 g/mol. The molecule has 1 saturated heterocycles. The third-order valence-corrected chi connectivity index (χ3v) is 5.28. The lowest BCUT2D eigenvalue weighted by atomic mass is 10.0. The second-order valence-electron chi connectivity index (χ2n) is 5.34. The summed E-state index contributed by atoms with van der Waals surface area (Å²) >= 11 is 0. The summed E-state index contributed by atoms with van der Waals surface area (Å²) in [5.74, 6) is -2.72. The number of hydrogen-bond acceptors (Lipinski definition) is 6. The van der Waals surface area contributed by atoms with Crippen LogP contribution in [0.15, 0.2) is 0 Å². The predicted octanol–water partition coefficient (Wildman–Crippen LogP) is 3.13. The van der Waals surface area contributed by atoms with Gasteiger partial charge < -0.3 is 13.8 Å². The minimum atomic E-state index is -6.03. The van der Waals surface area contributed by atoms with Gasteiger partial charge >= 0.3 is 31.6 Å². The molecule has 1 atom stereocenters. The number of ether oxygens (including phenoxy) is 1. The Kier molecular flexibility index (Phi) is 5.72. The Morgan fingerprint density at radius 3 is 1.88 bits per heavy atom. The van der Waals surface area contributed by atoms with E-state index in [2.05, 4.69) is 13.8 Å². The van der Waals surface area contributed by atoms with Crippen molar-refractivity contribution in [2.75, 3.05) is 20.5 Å². The van der Waals surface area contributed by atoms with E-state index in [1.165, 1.54) is 13.8 Å². The minimum Gasteiger partial charge on any atom is -0.423 e. The Labute approximate surface area is 133 Å². The summed E-state index contributed by atoms with van der Waals surface area (Å²) in [5.41, 5.74) is -4.93. The molecule has 1 unspecified atom stereocenters. The highest BCUT2D eigenvalue weighted by Gasteiger charge is 2.82. The van der Waals surface area contributed by atoms with E-state index in [9.17, 15) is 35.7 Å². The zero-order chi connectivity index (χ0) is 19.1. The number of halogens is 6. The van der Waals surface area contributed by atoms with Gasteiger partial charge in [0.1, 0.15) is 12.3 Å². The smallest absolute Gasteiger partial charge is 0.423 e. The Morgan fingerprint density at radius 2 is 1.58 bits per heavy atom. The standard InChI is InChI=1S/C11H16F6NO5P/c1-6(2)7-8(19)23-9(10(12,13)14,11(15,16)17)18(7)5-24(20,21-3)22-4/h6-7H,5H2,1-4H3. The maximum atomic E-state index is 13.3. The first-order valence-electron chi connectivity index (χ1n) is 6.50. The predicted molar refractivity (Wildman–Crippen MR) is 67.9 cm³/mol. The number of carbonyl (C=O) groups is 1. The summed E-state index contributed by atoms with van der Waals surface area (Å²) in [5, 5.41) is 0. The topological polar surface area (TPSA) is 65.1 Å². The van der Waals surface area contributed by atoms with Gasteiger partial charge in [0.2, 0.25) is 0 Å². The molecule has 13 heteroatoms. The number of nitrogens with zero attached hydrogens (tertiary/aromatic N) is 1. The molecule has 0 amide bonds. The van der Waals surface area contributed by atoms with Crippen molar-refractivity contribution >= 4 is 13.6 Å². The SMILES string of the molecule is COP(=O)(CN1C(C(C)C)C(=O)OC1(C(F)(F)F)C(F)(F)F)OC. The van der Waals surface area contributed by atoms with Crippen molar-refractivity contribution in [3.8, 4) is 0 Å². The Hall–Kier alpha value is -0.840. The van der Waals surface area contributed by atoms with Gasteiger partial charge in [0.15, 0.2) is 0 Å². The first kappa shape index (κ1) is 21.2. The van der Waals surface area contributed by atoms with Gasteiger partial charge in [-0.05, 0) is 5.92 Å². The van der Waals surface area contributed by atoms with E-state index in [4.69, 9.17) is 0 Å². The van der Waals surface area contributed by atoms with E-state index in [1.807, 2.05) is 0 Å². The molecular weight excluding hydrogens is 371 g/mol. The van der Waals surface area contributed by atoms with Crippen molar-refractivity contribution in [1.29, 1.82) is 0 Å². The highest BCUT2D eigenvalue weighted by Crippen LogP contribution is 2.57. The van der Waals surface area contributed by atoms with E-state index in [0.717, 1.165) is 14.2 Å². The van der Waals surface area contributed by atoms with Crippen LogP contribution >= 0.6 is 7.60 Å². The molecule has 1 fully saturated rings.